The summed E-state index contributed by atoms with van der Waals surface area (Å²) in [5.41, 5.74) is 2.71. The molecule has 1 fully saturated rings. The van der Waals surface area contributed by atoms with Crippen LogP contribution in [0.2, 0.25) is 0 Å². The van der Waals surface area contributed by atoms with Crippen LogP contribution in [0.4, 0.5) is 0 Å². The van der Waals surface area contributed by atoms with Crippen LogP contribution in [0, 0.1) is 13.8 Å². The summed E-state index contributed by atoms with van der Waals surface area (Å²) in [5, 5.41) is 0. The van der Waals surface area contributed by atoms with Crippen LogP contribution in [0.25, 0.3) is 0 Å². The van der Waals surface area contributed by atoms with Gasteiger partial charge in [-0.3, -0.25) is 0 Å². The Balaban J connectivity index is 2.44. The highest BCUT2D eigenvalue weighted by molar-refractivity contribution is 7.89. The molecular formula is C14H20ClNO2S. The Labute approximate surface area is 120 Å². The number of sulfonamides is 1. The van der Waals surface area contributed by atoms with Crippen molar-refractivity contribution in [3.63, 3.8) is 0 Å². The van der Waals surface area contributed by atoms with E-state index < -0.39 is 10.0 Å². The fourth-order valence-electron chi connectivity index (χ4n) is 2.40. The van der Waals surface area contributed by atoms with E-state index in [-0.39, 0.29) is 6.04 Å². The van der Waals surface area contributed by atoms with E-state index in [0.717, 1.165) is 36.0 Å². The predicted molar refractivity (Wildman–Crippen MR) is 78.1 cm³/mol. The van der Waals surface area contributed by atoms with Crippen molar-refractivity contribution in [3.05, 3.63) is 28.8 Å². The van der Waals surface area contributed by atoms with Gasteiger partial charge in [0, 0.05) is 19.0 Å². The van der Waals surface area contributed by atoms with Crippen molar-refractivity contribution in [2.24, 2.45) is 0 Å². The lowest BCUT2D eigenvalue weighted by molar-refractivity contribution is 0.249. The largest absolute Gasteiger partial charge is 0.243 e. The summed E-state index contributed by atoms with van der Waals surface area (Å²) < 4.78 is 26.8. The normalized spacial score (nSPS) is 16.7. The highest BCUT2D eigenvalue weighted by atomic mass is 35.5. The van der Waals surface area contributed by atoms with E-state index in [0.29, 0.717) is 10.8 Å². The summed E-state index contributed by atoms with van der Waals surface area (Å²) in [7, 11) is -1.73. The van der Waals surface area contributed by atoms with Gasteiger partial charge in [0.05, 0.1) is 4.90 Å². The van der Waals surface area contributed by atoms with Crippen LogP contribution in [-0.4, -0.2) is 25.8 Å². The SMILES string of the molecule is Cc1cc(C)c(S(=O)(=O)N(C)C2CCC2)cc1CCl. The smallest absolute Gasteiger partial charge is 0.207 e. The zero-order valence-electron chi connectivity index (χ0n) is 11.6. The average molecular weight is 302 g/mol. The van der Waals surface area contributed by atoms with E-state index in [2.05, 4.69) is 0 Å². The van der Waals surface area contributed by atoms with Crippen molar-refractivity contribution in [2.75, 3.05) is 7.05 Å². The van der Waals surface area contributed by atoms with Gasteiger partial charge in [0.15, 0.2) is 0 Å². The van der Waals surface area contributed by atoms with E-state index in [9.17, 15) is 8.42 Å². The van der Waals surface area contributed by atoms with E-state index in [4.69, 9.17) is 11.6 Å². The third kappa shape index (κ3) is 2.67. The molecule has 19 heavy (non-hydrogen) atoms. The van der Waals surface area contributed by atoms with E-state index >= 15 is 0 Å². The molecule has 2 rings (SSSR count). The Morgan fingerprint density at radius 1 is 1.26 bits per heavy atom. The molecule has 1 aromatic rings. The lowest BCUT2D eigenvalue weighted by Gasteiger charge is -2.34. The molecule has 106 valence electrons. The quantitative estimate of drug-likeness (QED) is 0.801. The molecule has 3 nitrogen and oxygen atoms in total. The minimum atomic E-state index is -3.40. The van der Waals surface area contributed by atoms with Crippen LogP contribution in [0.15, 0.2) is 17.0 Å². The zero-order valence-corrected chi connectivity index (χ0v) is 13.2. The first-order chi connectivity index (χ1) is 8.87. The molecule has 1 aliphatic rings. The molecular weight excluding hydrogens is 282 g/mol. The van der Waals surface area contributed by atoms with Gasteiger partial charge >= 0.3 is 0 Å². The number of rotatable bonds is 4. The minimum absolute atomic E-state index is 0.158. The second kappa shape index (κ2) is 5.43. The molecule has 0 spiro atoms. The second-order valence-corrected chi connectivity index (χ2v) is 7.52. The Bertz CT molecular complexity index is 579. The van der Waals surface area contributed by atoms with Crippen molar-refractivity contribution in [1.82, 2.24) is 4.31 Å². The number of benzene rings is 1. The van der Waals surface area contributed by atoms with E-state index in [1.54, 1.807) is 13.1 Å². The lowest BCUT2D eigenvalue weighted by Crippen LogP contribution is -2.41. The van der Waals surface area contributed by atoms with Gasteiger partial charge in [-0.05, 0) is 49.4 Å². The molecule has 1 aromatic carbocycles. The summed E-state index contributed by atoms with van der Waals surface area (Å²) >= 11 is 5.88. The van der Waals surface area contributed by atoms with Gasteiger partial charge in [-0.25, -0.2) is 8.42 Å². The summed E-state index contributed by atoms with van der Waals surface area (Å²) in [4.78, 5) is 0.392. The molecule has 0 N–H and O–H groups in total. The summed E-state index contributed by atoms with van der Waals surface area (Å²) in [5.74, 6) is 0.335. The van der Waals surface area contributed by atoms with Gasteiger partial charge in [0.2, 0.25) is 10.0 Å². The molecule has 0 aromatic heterocycles. The Morgan fingerprint density at radius 3 is 2.37 bits per heavy atom. The van der Waals surface area contributed by atoms with Crippen LogP contribution in [0.5, 0.6) is 0 Å². The van der Waals surface area contributed by atoms with Crippen molar-refractivity contribution >= 4 is 21.6 Å². The summed E-state index contributed by atoms with van der Waals surface area (Å²) in [6, 6.07) is 3.78. The molecule has 0 bridgehead atoms. The Kier molecular flexibility index (Phi) is 4.23. The van der Waals surface area contributed by atoms with Gasteiger partial charge < -0.3 is 0 Å². The molecule has 0 heterocycles. The fourth-order valence-corrected chi connectivity index (χ4v) is 4.36. The van der Waals surface area contributed by atoms with Crippen LogP contribution in [0.1, 0.15) is 36.0 Å². The van der Waals surface area contributed by atoms with Crippen molar-refractivity contribution in [3.8, 4) is 0 Å². The van der Waals surface area contributed by atoms with Crippen LogP contribution in [0.3, 0.4) is 0 Å². The molecule has 0 atom stereocenters. The second-order valence-electron chi connectivity index (χ2n) is 5.28. The number of hydrogen-bond acceptors (Lipinski definition) is 2. The van der Waals surface area contributed by atoms with Gasteiger partial charge in [-0.2, -0.15) is 4.31 Å². The Hall–Kier alpha value is -0.580. The van der Waals surface area contributed by atoms with Gasteiger partial charge in [-0.15, -0.1) is 11.6 Å². The minimum Gasteiger partial charge on any atom is -0.207 e. The van der Waals surface area contributed by atoms with Gasteiger partial charge in [-0.1, -0.05) is 12.5 Å². The monoisotopic (exact) mass is 301 g/mol. The number of hydrogen-bond donors (Lipinski definition) is 0. The first kappa shape index (κ1) is 14.8. The average Bonchev–Trinajstić information content (AvgIpc) is 2.26. The van der Waals surface area contributed by atoms with Crippen molar-refractivity contribution in [1.29, 1.82) is 0 Å². The van der Waals surface area contributed by atoms with Crippen LogP contribution < -0.4 is 0 Å². The molecule has 1 saturated carbocycles. The zero-order chi connectivity index (χ0) is 14.2. The molecule has 1 aliphatic carbocycles. The molecule has 0 saturated heterocycles. The van der Waals surface area contributed by atoms with Gasteiger partial charge in [0.25, 0.3) is 0 Å². The van der Waals surface area contributed by atoms with Crippen LogP contribution >= 0.6 is 11.6 Å². The van der Waals surface area contributed by atoms with E-state index in [1.807, 2.05) is 19.9 Å². The molecule has 0 radical (unpaired) electrons. The van der Waals surface area contributed by atoms with Crippen molar-refractivity contribution in [2.45, 2.75) is 49.9 Å². The first-order valence-electron chi connectivity index (χ1n) is 6.52. The number of aryl methyl sites for hydroxylation is 2. The van der Waals surface area contributed by atoms with E-state index in [1.165, 1.54) is 4.31 Å². The maximum atomic E-state index is 12.6. The standard InChI is InChI=1S/C14H20ClNO2S/c1-10-7-11(2)14(8-12(10)9-15)19(17,18)16(3)13-5-4-6-13/h7-8,13H,4-6,9H2,1-3H3. The lowest BCUT2D eigenvalue weighted by atomic mass is 9.94. The maximum Gasteiger partial charge on any atom is 0.243 e. The fraction of sp³-hybridized carbons (Fsp3) is 0.571. The Morgan fingerprint density at radius 2 is 1.89 bits per heavy atom. The highest BCUT2D eigenvalue weighted by Crippen LogP contribution is 2.30. The number of halogens is 1. The van der Waals surface area contributed by atoms with Crippen molar-refractivity contribution < 1.29 is 8.42 Å². The number of nitrogens with zero attached hydrogens (tertiary/aromatic N) is 1. The molecule has 0 amide bonds. The predicted octanol–water partition coefficient (Wildman–Crippen LogP) is 3.22. The summed E-state index contributed by atoms with van der Waals surface area (Å²) in [6.07, 6.45) is 3.04. The van der Waals surface area contributed by atoms with Crippen LogP contribution in [-0.2, 0) is 15.9 Å². The third-order valence-corrected chi connectivity index (χ3v) is 6.36. The topological polar surface area (TPSA) is 37.4 Å². The maximum absolute atomic E-state index is 12.6. The first-order valence-corrected chi connectivity index (χ1v) is 8.49. The molecule has 5 heteroatoms. The highest BCUT2D eigenvalue weighted by Gasteiger charge is 2.32. The molecule has 0 aliphatic heterocycles. The van der Waals surface area contributed by atoms with Gasteiger partial charge in [0.1, 0.15) is 0 Å². The summed E-state index contributed by atoms with van der Waals surface area (Å²) in [6.45, 7) is 3.79. The number of alkyl halides is 1. The molecule has 0 unspecified atom stereocenters. The third-order valence-electron chi connectivity index (χ3n) is 4.02.